The Kier molecular flexibility index (Phi) is 6.36. The number of nitrogens with one attached hydrogen (secondary N) is 1. The number of hydrogen-bond acceptors (Lipinski definition) is 2. The zero-order chi connectivity index (χ0) is 13.5. The fourth-order valence-electron chi connectivity index (χ4n) is 1.85. The molecule has 2 atom stereocenters. The summed E-state index contributed by atoms with van der Waals surface area (Å²) in [6.07, 6.45) is 1.54. The quantitative estimate of drug-likeness (QED) is 0.811. The van der Waals surface area contributed by atoms with E-state index in [2.05, 4.69) is 40.3 Å². The van der Waals surface area contributed by atoms with Crippen LogP contribution >= 0.6 is 15.9 Å². The molecule has 0 aliphatic heterocycles. The van der Waals surface area contributed by atoms with Gasteiger partial charge in [-0.15, -0.1) is 0 Å². The third-order valence-corrected chi connectivity index (χ3v) is 3.46. The summed E-state index contributed by atoms with van der Waals surface area (Å²) in [5, 5.41) is 12.2. The molecule has 1 aromatic rings. The number of halogens is 1. The lowest BCUT2D eigenvalue weighted by molar-refractivity contribution is -0.139. The standard InChI is InChI=1S/C14H20BrNO2/c1-3-5-13(14(17)18)16-9-10(2)11-6-4-7-12(15)8-11/h4,6-8,10,13,16H,3,5,9H2,1-2H3,(H,17,18). The Hall–Kier alpha value is -0.870. The molecular weight excluding hydrogens is 294 g/mol. The summed E-state index contributed by atoms with van der Waals surface area (Å²) in [7, 11) is 0. The van der Waals surface area contributed by atoms with E-state index in [1.54, 1.807) is 0 Å². The summed E-state index contributed by atoms with van der Waals surface area (Å²) < 4.78 is 1.05. The van der Waals surface area contributed by atoms with Crippen LogP contribution < -0.4 is 5.32 Å². The molecule has 0 spiro atoms. The van der Waals surface area contributed by atoms with Crippen LogP contribution in [0.3, 0.4) is 0 Å². The molecule has 0 aliphatic carbocycles. The summed E-state index contributed by atoms with van der Waals surface area (Å²) in [6.45, 7) is 4.77. The Morgan fingerprint density at radius 1 is 1.50 bits per heavy atom. The highest BCUT2D eigenvalue weighted by Crippen LogP contribution is 2.19. The van der Waals surface area contributed by atoms with Gasteiger partial charge in [0, 0.05) is 11.0 Å². The van der Waals surface area contributed by atoms with Crippen LogP contribution in [0.5, 0.6) is 0 Å². The van der Waals surface area contributed by atoms with E-state index in [9.17, 15) is 4.79 Å². The third kappa shape index (κ3) is 4.78. The van der Waals surface area contributed by atoms with Crippen LogP contribution in [0.25, 0.3) is 0 Å². The molecule has 0 radical (unpaired) electrons. The number of benzene rings is 1. The maximum Gasteiger partial charge on any atom is 0.320 e. The Bertz CT molecular complexity index is 395. The highest BCUT2D eigenvalue weighted by Gasteiger charge is 2.16. The third-order valence-electron chi connectivity index (χ3n) is 2.96. The normalized spacial score (nSPS) is 14.2. The second-order valence-corrected chi connectivity index (χ2v) is 5.46. The number of rotatable bonds is 7. The molecule has 3 nitrogen and oxygen atoms in total. The summed E-state index contributed by atoms with van der Waals surface area (Å²) in [5.74, 6) is -0.473. The van der Waals surface area contributed by atoms with Gasteiger partial charge >= 0.3 is 5.97 Å². The van der Waals surface area contributed by atoms with Crippen molar-refractivity contribution in [3.05, 3.63) is 34.3 Å². The summed E-state index contributed by atoms with van der Waals surface area (Å²) in [5.41, 5.74) is 1.21. The average molecular weight is 314 g/mol. The molecule has 0 fully saturated rings. The molecule has 1 aromatic carbocycles. The van der Waals surface area contributed by atoms with E-state index in [-0.39, 0.29) is 0 Å². The number of carbonyl (C=O) groups is 1. The first-order valence-corrected chi connectivity index (χ1v) is 7.05. The lowest BCUT2D eigenvalue weighted by atomic mass is 10.0. The van der Waals surface area contributed by atoms with Crippen LogP contribution in [-0.2, 0) is 4.79 Å². The van der Waals surface area contributed by atoms with Crippen molar-refractivity contribution < 1.29 is 9.90 Å². The van der Waals surface area contributed by atoms with Crippen molar-refractivity contribution in [3.63, 3.8) is 0 Å². The van der Waals surface area contributed by atoms with E-state index in [1.165, 1.54) is 5.56 Å². The second-order valence-electron chi connectivity index (χ2n) is 4.54. The summed E-state index contributed by atoms with van der Waals surface area (Å²) in [4.78, 5) is 11.0. The minimum Gasteiger partial charge on any atom is -0.480 e. The number of carboxylic acid groups (broad SMARTS) is 1. The van der Waals surface area contributed by atoms with E-state index in [1.807, 2.05) is 19.1 Å². The fraction of sp³-hybridized carbons (Fsp3) is 0.500. The molecule has 100 valence electrons. The second kappa shape index (κ2) is 7.54. The van der Waals surface area contributed by atoms with E-state index < -0.39 is 12.0 Å². The highest BCUT2D eigenvalue weighted by atomic mass is 79.9. The Labute approximate surface area is 117 Å². The van der Waals surface area contributed by atoms with E-state index in [4.69, 9.17) is 5.11 Å². The molecular formula is C14H20BrNO2. The minimum atomic E-state index is -0.765. The predicted molar refractivity (Wildman–Crippen MR) is 76.9 cm³/mol. The van der Waals surface area contributed by atoms with Gasteiger partial charge in [-0.25, -0.2) is 0 Å². The van der Waals surface area contributed by atoms with Gasteiger partial charge in [0.15, 0.2) is 0 Å². The molecule has 0 aliphatic rings. The van der Waals surface area contributed by atoms with Crippen molar-refractivity contribution in [2.24, 2.45) is 0 Å². The Morgan fingerprint density at radius 2 is 2.22 bits per heavy atom. The predicted octanol–water partition coefficient (Wildman–Crippen LogP) is 3.40. The van der Waals surface area contributed by atoms with Crippen LogP contribution in [0, 0.1) is 0 Å². The molecule has 0 aromatic heterocycles. The van der Waals surface area contributed by atoms with E-state index in [0.29, 0.717) is 18.9 Å². The topological polar surface area (TPSA) is 49.3 Å². The first-order valence-electron chi connectivity index (χ1n) is 6.26. The summed E-state index contributed by atoms with van der Waals surface area (Å²) in [6, 6.07) is 7.68. The van der Waals surface area contributed by atoms with Crippen molar-refractivity contribution in [2.45, 2.75) is 38.6 Å². The molecule has 2 unspecified atom stereocenters. The SMILES string of the molecule is CCCC(NCC(C)c1cccc(Br)c1)C(=O)O. The number of aliphatic carboxylic acids is 1. The van der Waals surface area contributed by atoms with Gasteiger partial charge in [-0.2, -0.15) is 0 Å². The van der Waals surface area contributed by atoms with Crippen LogP contribution in [0.15, 0.2) is 28.7 Å². The lowest BCUT2D eigenvalue weighted by Crippen LogP contribution is -2.38. The van der Waals surface area contributed by atoms with Gasteiger partial charge < -0.3 is 10.4 Å². The molecule has 1 rings (SSSR count). The monoisotopic (exact) mass is 313 g/mol. The Morgan fingerprint density at radius 3 is 2.78 bits per heavy atom. The molecule has 2 N–H and O–H groups in total. The zero-order valence-corrected chi connectivity index (χ0v) is 12.4. The number of carboxylic acids is 1. The van der Waals surface area contributed by atoms with Gasteiger partial charge in [0.2, 0.25) is 0 Å². The lowest BCUT2D eigenvalue weighted by Gasteiger charge is -2.18. The van der Waals surface area contributed by atoms with Crippen LogP contribution in [-0.4, -0.2) is 23.7 Å². The van der Waals surface area contributed by atoms with Crippen molar-refractivity contribution in [3.8, 4) is 0 Å². The molecule has 0 saturated carbocycles. The molecule has 18 heavy (non-hydrogen) atoms. The maximum atomic E-state index is 11.0. The van der Waals surface area contributed by atoms with Gasteiger partial charge in [0.25, 0.3) is 0 Å². The van der Waals surface area contributed by atoms with Gasteiger partial charge in [0.05, 0.1) is 0 Å². The highest BCUT2D eigenvalue weighted by molar-refractivity contribution is 9.10. The molecule has 0 amide bonds. The zero-order valence-electron chi connectivity index (χ0n) is 10.8. The van der Waals surface area contributed by atoms with E-state index >= 15 is 0 Å². The van der Waals surface area contributed by atoms with Gasteiger partial charge in [0.1, 0.15) is 6.04 Å². The minimum absolute atomic E-state index is 0.293. The molecule has 4 heteroatoms. The first-order chi connectivity index (χ1) is 8.54. The van der Waals surface area contributed by atoms with Crippen molar-refractivity contribution >= 4 is 21.9 Å². The molecule has 0 heterocycles. The Balaban J connectivity index is 2.54. The van der Waals surface area contributed by atoms with Crippen molar-refractivity contribution in [2.75, 3.05) is 6.54 Å². The van der Waals surface area contributed by atoms with Crippen molar-refractivity contribution in [1.29, 1.82) is 0 Å². The average Bonchev–Trinajstić information content (AvgIpc) is 2.33. The fourth-order valence-corrected chi connectivity index (χ4v) is 2.27. The maximum absolute atomic E-state index is 11.0. The number of hydrogen-bond donors (Lipinski definition) is 2. The van der Waals surface area contributed by atoms with Crippen molar-refractivity contribution in [1.82, 2.24) is 5.32 Å². The van der Waals surface area contributed by atoms with E-state index in [0.717, 1.165) is 10.9 Å². The van der Waals surface area contributed by atoms with Crippen LogP contribution in [0.4, 0.5) is 0 Å². The largest absolute Gasteiger partial charge is 0.480 e. The smallest absolute Gasteiger partial charge is 0.320 e. The molecule has 0 bridgehead atoms. The van der Waals surface area contributed by atoms with Gasteiger partial charge in [-0.3, -0.25) is 4.79 Å². The van der Waals surface area contributed by atoms with Crippen LogP contribution in [0.2, 0.25) is 0 Å². The van der Waals surface area contributed by atoms with Gasteiger partial charge in [-0.05, 0) is 30.0 Å². The first kappa shape index (κ1) is 15.2. The summed E-state index contributed by atoms with van der Waals surface area (Å²) >= 11 is 3.44. The molecule has 0 saturated heterocycles. The van der Waals surface area contributed by atoms with Crippen LogP contribution in [0.1, 0.15) is 38.2 Å². The van der Waals surface area contributed by atoms with Gasteiger partial charge in [-0.1, -0.05) is 48.3 Å².